The quantitative estimate of drug-likeness (QED) is 0.335. The maximum atomic E-state index is 4.75. The predicted octanol–water partition coefficient (Wildman–Crippen LogP) is 6.64. The van der Waals surface area contributed by atoms with E-state index < -0.39 is 0 Å². The lowest BCUT2D eigenvalue weighted by Gasteiger charge is -2.09. The standard InChI is InChI=1S/C27H19N3/c1-2-8-20(9-3-1)25-18-19-29(28-25)21-14-16-22(17-15-21)30-26-12-6-4-10-23(26)24-11-5-7-13-27(24)30/h1-19H. The molecule has 3 heteroatoms. The number of fused-ring (bicyclic) bond motifs is 3. The Morgan fingerprint density at radius 2 is 1.07 bits per heavy atom. The first-order valence-electron chi connectivity index (χ1n) is 10.1. The minimum Gasteiger partial charge on any atom is -0.309 e. The Hall–Kier alpha value is -4.11. The van der Waals surface area contributed by atoms with Gasteiger partial charge in [-0.25, -0.2) is 4.68 Å². The number of para-hydroxylation sites is 2. The first-order chi connectivity index (χ1) is 14.9. The van der Waals surface area contributed by atoms with Crippen LogP contribution in [0.5, 0.6) is 0 Å². The number of benzene rings is 4. The van der Waals surface area contributed by atoms with Gasteiger partial charge in [0.15, 0.2) is 0 Å². The van der Waals surface area contributed by atoms with Crippen molar-refractivity contribution in [2.45, 2.75) is 0 Å². The molecular formula is C27H19N3. The van der Waals surface area contributed by atoms with Gasteiger partial charge in [-0.1, -0.05) is 66.7 Å². The van der Waals surface area contributed by atoms with Gasteiger partial charge < -0.3 is 4.57 Å². The van der Waals surface area contributed by atoms with E-state index >= 15 is 0 Å². The fourth-order valence-electron chi connectivity index (χ4n) is 4.19. The van der Waals surface area contributed by atoms with Crippen molar-refractivity contribution in [2.24, 2.45) is 0 Å². The van der Waals surface area contributed by atoms with Crippen molar-refractivity contribution in [3.05, 3.63) is 115 Å². The van der Waals surface area contributed by atoms with Crippen LogP contribution in [-0.2, 0) is 0 Å². The normalized spacial score (nSPS) is 11.3. The number of nitrogens with zero attached hydrogens (tertiary/aromatic N) is 3. The second-order valence-corrected chi connectivity index (χ2v) is 7.40. The summed E-state index contributed by atoms with van der Waals surface area (Å²) in [6.07, 6.45) is 2.01. The summed E-state index contributed by atoms with van der Waals surface area (Å²) < 4.78 is 4.25. The van der Waals surface area contributed by atoms with Crippen LogP contribution < -0.4 is 0 Å². The molecule has 0 aliphatic carbocycles. The van der Waals surface area contributed by atoms with E-state index in [1.54, 1.807) is 0 Å². The van der Waals surface area contributed by atoms with Gasteiger partial charge in [-0.15, -0.1) is 0 Å². The first-order valence-corrected chi connectivity index (χ1v) is 10.1. The average molecular weight is 385 g/mol. The van der Waals surface area contributed by atoms with Crippen molar-refractivity contribution in [3.63, 3.8) is 0 Å². The van der Waals surface area contributed by atoms with Crippen LogP contribution in [0.3, 0.4) is 0 Å². The van der Waals surface area contributed by atoms with Gasteiger partial charge in [-0.05, 0) is 42.5 Å². The van der Waals surface area contributed by atoms with Crippen LogP contribution in [0.2, 0.25) is 0 Å². The van der Waals surface area contributed by atoms with E-state index in [0.717, 1.165) is 22.6 Å². The first kappa shape index (κ1) is 16.8. The maximum Gasteiger partial charge on any atom is 0.0927 e. The zero-order chi connectivity index (χ0) is 19.9. The van der Waals surface area contributed by atoms with Crippen LogP contribution in [-0.4, -0.2) is 14.3 Å². The molecule has 0 saturated heterocycles. The van der Waals surface area contributed by atoms with Crippen molar-refractivity contribution >= 4 is 21.8 Å². The second-order valence-electron chi connectivity index (χ2n) is 7.40. The molecule has 0 unspecified atom stereocenters. The summed E-state index contributed by atoms with van der Waals surface area (Å²) in [6, 6.07) is 38.0. The van der Waals surface area contributed by atoms with Crippen molar-refractivity contribution in [1.29, 1.82) is 0 Å². The van der Waals surface area contributed by atoms with E-state index in [4.69, 9.17) is 5.10 Å². The van der Waals surface area contributed by atoms with Crippen molar-refractivity contribution in [2.75, 3.05) is 0 Å². The highest BCUT2D eigenvalue weighted by Gasteiger charge is 2.11. The van der Waals surface area contributed by atoms with Crippen LogP contribution in [0, 0.1) is 0 Å². The molecule has 0 aliphatic rings. The fraction of sp³-hybridized carbons (Fsp3) is 0. The third-order valence-electron chi connectivity index (χ3n) is 5.61. The third kappa shape index (κ3) is 2.64. The fourth-order valence-corrected chi connectivity index (χ4v) is 4.19. The van der Waals surface area contributed by atoms with E-state index in [1.165, 1.54) is 21.8 Å². The molecule has 2 heterocycles. The molecule has 3 nitrogen and oxygen atoms in total. The van der Waals surface area contributed by atoms with E-state index in [2.05, 4.69) is 95.6 Å². The van der Waals surface area contributed by atoms with Gasteiger partial charge in [-0.3, -0.25) is 0 Å². The van der Waals surface area contributed by atoms with Gasteiger partial charge in [0.2, 0.25) is 0 Å². The van der Waals surface area contributed by atoms with Gasteiger partial charge in [0.05, 0.1) is 22.4 Å². The molecule has 6 rings (SSSR count). The topological polar surface area (TPSA) is 22.8 Å². The van der Waals surface area contributed by atoms with Crippen LogP contribution in [0.15, 0.2) is 115 Å². The van der Waals surface area contributed by atoms with E-state index in [9.17, 15) is 0 Å². The summed E-state index contributed by atoms with van der Waals surface area (Å²) >= 11 is 0. The number of hydrogen-bond acceptors (Lipinski definition) is 1. The average Bonchev–Trinajstić information content (AvgIpc) is 3.43. The molecule has 0 amide bonds. The van der Waals surface area contributed by atoms with Crippen LogP contribution >= 0.6 is 0 Å². The molecule has 4 aromatic carbocycles. The third-order valence-corrected chi connectivity index (χ3v) is 5.61. The Labute approximate surface area is 174 Å². The molecule has 142 valence electrons. The summed E-state index contributed by atoms with van der Waals surface area (Å²) in [5, 5.41) is 7.30. The Morgan fingerprint density at radius 3 is 1.73 bits per heavy atom. The maximum absolute atomic E-state index is 4.75. The molecule has 2 aromatic heterocycles. The lowest BCUT2D eigenvalue weighted by atomic mass is 10.2. The monoisotopic (exact) mass is 385 g/mol. The molecular weight excluding hydrogens is 366 g/mol. The zero-order valence-corrected chi connectivity index (χ0v) is 16.3. The second kappa shape index (κ2) is 6.75. The van der Waals surface area contributed by atoms with Crippen molar-refractivity contribution in [1.82, 2.24) is 14.3 Å². The summed E-state index contributed by atoms with van der Waals surface area (Å²) in [4.78, 5) is 0. The largest absolute Gasteiger partial charge is 0.309 e. The Kier molecular flexibility index (Phi) is 3.78. The lowest BCUT2D eigenvalue weighted by Crippen LogP contribution is -1.97. The van der Waals surface area contributed by atoms with Gasteiger partial charge >= 0.3 is 0 Å². The van der Waals surface area contributed by atoms with Gasteiger partial charge in [-0.2, -0.15) is 5.10 Å². The highest BCUT2D eigenvalue weighted by Crippen LogP contribution is 2.32. The summed E-state index contributed by atoms with van der Waals surface area (Å²) in [5.41, 5.74) is 6.72. The van der Waals surface area contributed by atoms with E-state index in [0.29, 0.717) is 0 Å². The van der Waals surface area contributed by atoms with Crippen molar-refractivity contribution in [3.8, 4) is 22.6 Å². The molecule has 0 bridgehead atoms. The minimum absolute atomic E-state index is 0.974. The highest BCUT2D eigenvalue weighted by atomic mass is 15.3. The number of rotatable bonds is 3. The van der Waals surface area contributed by atoms with Crippen molar-refractivity contribution < 1.29 is 0 Å². The Balaban J connectivity index is 1.43. The predicted molar refractivity (Wildman–Crippen MR) is 123 cm³/mol. The molecule has 0 spiro atoms. The molecule has 30 heavy (non-hydrogen) atoms. The lowest BCUT2D eigenvalue weighted by molar-refractivity contribution is 0.883. The zero-order valence-electron chi connectivity index (χ0n) is 16.3. The summed E-state index contributed by atoms with van der Waals surface area (Å²) in [7, 11) is 0. The van der Waals surface area contributed by atoms with Crippen LogP contribution in [0.25, 0.3) is 44.4 Å². The molecule has 0 saturated carbocycles. The Bertz CT molecular complexity index is 1420. The summed E-state index contributed by atoms with van der Waals surface area (Å²) in [5.74, 6) is 0. The van der Waals surface area contributed by atoms with Crippen LogP contribution in [0.1, 0.15) is 0 Å². The number of hydrogen-bond donors (Lipinski definition) is 0. The van der Waals surface area contributed by atoms with E-state index in [1.807, 2.05) is 29.1 Å². The molecule has 0 N–H and O–H groups in total. The number of aromatic nitrogens is 3. The highest BCUT2D eigenvalue weighted by molar-refractivity contribution is 6.09. The van der Waals surface area contributed by atoms with E-state index in [-0.39, 0.29) is 0 Å². The van der Waals surface area contributed by atoms with Gasteiger partial charge in [0, 0.05) is 28.2 Å². The smallest absolute Gasteiger partial charge is 0.0927 e. The SMILES string of the molecule is c1ccc(-c2ccn(-c3ccc(-n4c5ccccc5c5ccccc54)cc3)n2)cc1. The summed E-state index contributed by atoms with van der Waals surface area (Å²) in [6.45, 7) is 0. The molecule has 0 aliphatic heterocycles. The molecule has 6 aromatic rings. The molecule has 0 fully saturated rings. The van der Waals surface area contributed by atoms with Crippen LogP contribution in [0.4, 0.5) is 0 Å². The molecule has 0 atom stereocenters. The van der Waals surface area contributed by atoms with Gasteiger partial charge in [0.1, 0.15) is 0 Å². The minimum atomic E-state index is 0.974. The molecule has 0 radical (unpaired) electrons. The Morgan fingerprint density at radius 1 is 0.500 bits per heavy atom. The van der Waals surface area contributed by atoms with Gasteiger partial charge in [0.25, 0.3) is 0 Å².